The minimum atomic E-state index is -0.246. The van der Waals surface area contributed by atoms with Crippen LogP contribution in [0.3, 0.4) is 0 Å². The smallest absolute Gasteiger partial charge is 0.250 e. The highest BCUT2D eigenvalue weighted by Gasteiger charge is 2.08. The molecule has 0 atom stereocenters. The number of carbonyl (C=O) groups excluding carboxylic acids is 1. The van der Waals surface area contributed by atoms with Crippen LogP contribution in [0.25, 0.3) is 11.2 Å². The highest BCUT2D eigenvalue weighted by atomic mass is 35.5. The van der Waals surface area contributed by atoms with Gasteiger partial charge >= 0.3 is 0 Å². The fourth-order valence-electron chi connectivity index (χ4n) is 1.77. The molecule has 1 amide bonds. The molecule has 0 saturated heterocycles. The van der Waals surface area contributed by atoms with Crippen LogP contribution in [0.1, 0.15) is 5.56 Å². The van der Waals surface area contributed by atoms with Crippen molar-refractivity contribution in [3.63, 3.8) is 0 Å². The number of hydrazone groups is 1. The number of fused-ring (bicyclic) bond motifs is 1. The summed E-state index contributed by atoms with van der Waals surface area (Å²) in [6.45, 7) is 0. The maximum Gasteiger partial charge on any atom is 0.250 e. The lowest BCUT2D eigenvalue weighted by Gasteiger charge is -2.01. The zero-order chi connectivity index (χ0) is 16.1. The third kappa shape index (κ3) is 3.85. The number of aromatic nitrogens is 4. The van der Waals surface area contributed by atoms with Crippen LogP contribution in [0.2, 0.25) is 5.02 Å². The number of imidazole rings is 1. The van der Waals surface area contributed by atoms with Crippen molar-refractivity contribution in [3.05, 3.63) is 47.5 Å². The lowest BCUT2D eigenvalue weighted by Crippen LogP contribution is -2.19. The van der Waals surface area contributed by atoms with Gasteiger partial charge in [-0.05, 0) is 6.07 Å². The van der Waals surface area contributed by atoms with Crippen LogP contribution in [0.4, 0.5) is 0 Å². The topological polar surface area (TPSA) is 95.9 Å². The number of nitrogens with zero attached hydrogens (tertiary/aromatic N) is 4. The van der Waals surface area contributed by atoms with Crippen molar-refractivity contribution < 1.29 is 4.79 Å². The number of halogens is 1. The standard InChI is InChI=1S/C14H11ClN6OS/c15-10-4-2-1-3-9(10)5-20-21-11(22)6-23-14-12-13(17-7-16-12)18-8-19-14/h1-5,7-8H,6H2,(H,21,22)(H,16,17,18,19). The van der Waals surface area contributed by atoms with Crippen molar-refractivity contribution in [1.29, 1.82) is 0 Å². The van der Waals surface area contributed by atoms with E-state index in [0.29, 0.717) is 21.2 Å². The minimum absolute atomic E-state index is 0.172. The molecule has 2 aromatic heterocycles. The molecule has 0 saturated carbocycles. The predicted molar refractivity (Wildman–Crippen MR) is 89.6 cm³/mol. The van der Waals surface area contributed by atoms with Crippen molar-refractivity contribution in [2.45, 2.75) is 5.03 Å². The van der Waals surface area contributed by atoms with E-state index in [2.05, 4.69) is 30.5 Å². The average molecular weight is 347 g/mol. The number of aromatic amines is 1. The fraction of sp³-hybridized carbons (Fsp3) is 0.0714. The summed E-state index contributed by atoms with van der Waals surface area (Å²) >= 11 is 7.27. The molecule has 0 unspecified atom stereocenters. The predicted octanol–water partition coefficient (Wildman–Crippen LogP) is 2.25. The summed E-state index contributed by atoms with van der Waals surface area (Å²) in [5.41, 5.74) is 4.47. The van der Waals surface area contributed by atoms with Crippen LogP contribution in [0.5, 0.6) is 0 Å². The van der Waals surface area contributed by atoms with Crippen LogP contribution in [0.15, 0.2) is 47.0 Å². The lowest BCUT2D eigenvalue weighted by molar-refractivity contribution is -0.118. The zero-order valence-corrected chi connectivity index (χ0v) is 13.3. The first-order valence-electron chi connectivity index (χ1n) is 6.57. The van der Waals surface area contributed by atoms with Crippen molar-refractivity contribution in [2.75, 3.05) is 5.75 Å². The SMILES string of the molecule is O=C(CSc1ncnc2nc[nH]c12)NN=Cc1ccccc1Cl. The first kappa shape index (κ1) is 15.4. The molecule has 23 heavy (non-hydrogen) atoms. The highest BCUT2D eigenvalue weighted by Crippen LogP contribution is 2.21. The van der Waals surface area contributed by atoms with Crippen molar-refractivity contribution in [2.24, 2.45) is 5.10 Å². The maximum absolute atomic E-state index is 11.8. The first-order chi connectivity index (χ1) is 11.2. The molecule has 0 radical (unpaired) electrons. The molecule has 0 bridgehead atoms. The van der Waals surface area contributed by atoms with Gasteiger partial charge in [-0.2, -0.15) is 5.10 Å². The number of hydrogen-bond donors (Lipinski definition) is 2. The number of nitrogens with one attached hydrogen (secondary N) is 2. The molecular formula is C14H11ClN6OS. The molecule has 1 aromatic carbocycles. The second-order valence-corrected chi connectivity index (χ2v) is 5.75. The van der Waals surface area contributed by atoms with Gasteiger partial charge in [-0.25, -0.2) is 20.4 Å². The molecule has 2 heterocycles. The van der Waals surface area contributed by atoms with Gasteiger partial charge in [0.1, 0.15) is 16.9 Å². The molecular weight excluding hydrogens is 336 g/mol. The number of rotatable bonds is 5. The Kier molecular flexibility index (Phi) is 4.84. The molecule has 2 N–H and O–H groups in total. The van der Waals surface area contributed by atoms with E-state index >= 15 is 0 Å². The van der Waals surface area contributed by atoms with Gasteiger partial charge in [0.2, 0.25) is 5.91 Å². The van der Waals surface area contributed by atoms with E-state index < -0.39 is 0 Å². The highest BCUT2D eigenvalue weighted by molar-refractivity contribution is 8.00. The Bertz CT molecular complexity index is 865. The molecule has 7 nitrogen and oxygen atoms in total. The Labute approximate surface area is 140 Å². The summed E-state index contributed by atoms with van der Waals surface area (Å²) in [5, 5.41) is 5.13. The van der Waals surface area contributed by atoms with Crippen molar-refractivity contribution >= 4 is 46.6 Å². The zero-order valence-electron chi connectivity index (χ0n) is 11.7. The van der Waals surface area contributed by atoms with Crippen molar-refractivity contribution in [3.8, 4) is 0 Å². The second kappa shape index (κ2) is 7.21. The van der Waals surface area contributed by atoms with Gasteiger partial charge in [0.05, 0.1) is 18.3 Å². The molecule has 116 valence electrons. The number of carbonyl (C=O) groups is 1. The van der Waals surface area contributed by atoms with Gasteiger partial charge < -0.3 is 4.98 Å². The summed E-state index contributed by atoms with van der Waals surface area (Å²) in [6, 6.07) is 7.23. The fourth-order valence-corrected chi connectivity index (χ4v) is 2.71. The normalized spacial score (nSPS) is 11.2. The van der Waals surface area contributed by atoms with E-state index in [1.807, 2.05) is 18.2 Å². The minimum Gasteiger partial charge on any atom is -0.341 e. The van der Waals surface area contributed by atoms with Crippen LogP contribution in [-0.4, -0.2) is 37.8 Å². The Morgan fingerprint density at radius 2 is 2.22 bits per heavy atom. The van der Waals surface area contributed by atoms with Gasteiger partial charge in [0.25, 0.3) is 0 Å². The Hall–Kier alpha value is -2.45. The summed E-state index contributed by atoms with van der Waals surface area (Å²) in [4.78, 5) is 27.0. The quantitative estimate of drug-likeness (QED) is 0.320. The number of hydrogen-bond acceptors (Lipinski definition) is 6. The molecule has 0 aliphatic rings. The van der Waals surface area contributed by atoms with Crippen molar-refractivity contribution in [1.82, 2.24) is 25.4 Å². The lowest BCUT2D eigenvalue weighted by atomic mass is 10.2. The number of amides is 1. The summed E-state index contributed by atoms with van der Waals surface area (Å²) in [6.07, 6.45) is 4.46. The average Bonchev–Trinajstić information content (AvgIpc) is 3.04. The molecule has 0 spiro atoms. The maximum atomic E-state index is 11.8. The van der Waals surface area contributed by atoms with E-state index in [0.717, 1.165) is 5.56 Å². The van der Waals surface area contributed by atoms with Crippen LogP contribution in [0, 0.1) is 0 Å². The molecule has 0 aliphatic carbocycles. The Morgan fingerprint density at radius 1 is 1.35 bits per heavy atom. The van der Waals surface area contributed by atoms with E-state index in [1.54, 1.807) is 6.07 Å². The molecule has 9 heteroatoms. The van der Waals surface area contributed by atoms with Gasteiger partial charge in [-0.1, -0.05) is 41.6 Å². The monoisotopic (exact) mass is 346 g/mol. The number of H-pyrrole nitrogens is 1. The van der Waals surface area contributed by atoms with Gasteiger partial charge in [-0.15, -0.1) is 0 Å². The third-order valence-corrected chi connectivity index (χ3v) is 4.16. The largest absolute Gasteiger partial charge is 0.341 e. The van der Waals surface area contributed by atoms with Crippen LogP contribution < -0.4 is 5.43 Å². The van der Waals surface area contributed by atoms with E-state index in [-0.39, 0.29) is 11.7 Å². The second-order valence-electron chi connectivity index (χ2n) is 4.38. The Morgan fingerprint density at radius 3 is 3.09 bits per heavy atom. The third-order valence-electron chi connectivity index (χ3n) is 2.83. The van der Waals surface area contributed by atoms with Crippen LogP contribution >= 0.6 is 23.4 Å². The summed E-state index contributed by atoms with van der Waals surface area (Å²) < 4.78 is 0. The van der Waals surface area contributed by atoms with Gasteiger partial charge in [0, 0.05) is 10.6 Å². The van der Waals surface area contributed by atoms with E-state index in [1.165, 1.54) is 30.6 Å². The number of benzene rings is 1. The number of thioether (sulfide) groups is 1. The van der Waals surface area contributed by atoms with E-state index in [9.17, 15) is 4.79 Å². The molecule has 0 aliphatic heterocycles. The summed E-state index contributed by atoms with van der Waals surface area (Å²) in [7, 11) is 0. The van der Waals surface area contributed by atoms with Gasteiger partial charge in [-0.3, -0.25) is 4.79 Å². The first-order valence-corrected chi connectivity index (χ1v) is 7.93. The molecule has 3 aromatic rings. The molecule has 0 fully saturated rings. The Balaban J connectivity index is 1.56. The van der Waals surface area contributed by atoms with Crippen LogP contribution in [-0.2, 0) is 4.79 Å². The van der Waals surface area contributed by atoms with Gasteiger partial charge in [0.15, 0.2) is 5.65 Å². The van der Waals surface area contributed by atoms with E-state index in [4.69, 9.17) is 11.6 Å². The summed E-state index contributed by atoms with van der Waals surface area (Å²) in [5.74, 6) is -0.0741. The molecule has 3 rings (SSSR count).